The molecule has 1 aliphatic heterocycles. The van der Waals surface area contributed by atoms with Crippen LogP contribution < -0.4 is 24.8 Å². The van der Waals surface area contributed by atoms with Gasteiger partial charge < -0.3 is 24.8 Å². The molecule has 0 spiro atoms. The van der Waals surface area contributed by atoms with Gasteiger partial charge in [-0.15, -0.1) is 35.3 Å². The summed E-state index contributed by atoms with van der Waals surface area (Å²) < 4.78 is 40.4. The number of guanidine groups is 1. The third-order valence-electron chi connectivity index (χ3n) is 3.52. The number of halogens is 3. The molecule has 0 radical (unpaired) electrons. The van der Waals surface area contributed by atoms with E-state index in [9.17, 15) is 8.78 Å². The van der Waals surface area contributed by atoms with E-state index in [0.717, 1.165) is 9.88 Å². The summed E-state index contributed by atoms with van der Waals surface area (Å²) in [7, 11) is 1.62. The second-order valence-corrected chi connectivity index (χ2v) is 6.65. The summed E-state index contributed by atoms with van der Waals surface area (Å²) in [6.45, 7) is -0.163. The summed E-state index contributed by atoms with van der Waals surface area (Å²) in [5.41, 5.74) is 0.502. The highest BCUT2D eigenvalue weighted by Crippen LogP contribution is 2.38. The SMILES string of the molecule is CN=C(NCc1ncc(C)s1)NCc1cc2c(cc1OC(F)F)OCO2.I. The Labute approximate surface area is 176 Å². The zero-order valence-electron chi connectivity index (χ0n) is 14.6. The van der Waals surface area contributed by atoms with Crippen LogP contribution in [0.3, 0.4) is 0 Å². The van der Waals surface area contributed by atoms with Gasteiger partial charge in [0.1, 0.15) is 10.8 Å². The summed E-state index contributed by atoms with van der Waals surface area (Å²) in [4.78, 5) is 9.50. The first kappa shape index (κ1) is 21.4. The van der Waals surface area contributed by atoms with E-state index in [0.29, 0.717) is 29.6 Å². The second kappa shape index (κ2) is 9.88. The van der Waals surface area contributed by atoms with Crippen LogP contribution in [-0.4, -0.2) is 31.4 Å². The lowest BCUT2D eigenvalue weighted by atomic mass is 10.1. The van der Waals surface area contributed by atoms with E-state index in [1.54, 1.807) is 30.6 Å². The maximum absolute atomic E-state index is 12.7. The molecule has 0 aliphatic carbocycles. The number of nitrogens with one attached hydrogen (secondary N) is 2. The molecule has 2 aromatic rings. The summed E-state index contributed by atoms with van der Waals surface area (Å²) >= 11 is 1.59. The molecule has 1 aromatic carbocycles. The largest absolute Gasteiger partial charge is 0.454 e. The van der Waals surface area contributed by atoms with Crippen molar-refractivity contribution in [3.63, 3.8) is 0 Å². The van der Waals surface area contributed by atoms with E-state index in [4.69, 9.17) is 9.47 Å². The van der Waals surface area contributed by atoms with Gasteiger partial charge in [0.25, 0.3) is 0 Å². The zero-order chi connectivity index (χ0) is 18.5. The molecule has 2 heterocycles. The fourth-order valence-electron chi connectivity index (χ4n) is 2.35. The Morgan fingerprint density at radius 2 is 2.00 bits per heavy atom. The zero-order valence-corrected chi connectivity index (χ0v) is 17.8. The van der Waals surface area contributed by atoms with Gasteiger partial charge in [-0.05, 0) is 13.0 Å². The van der Waals surface area contributed by atoms with Gasteiger partial charge in [-0.2, -0.15) is 8.78 Å². The van der Waals surface area contributed by atoms with Gasteiger partial charge in [0.2, 0.25) is 6.79 Å². The first-order valence-corrected chi connectivity index (χ1v) is 8.60. The predicted octanol–water partition coefficient (Wildman–Crippen LogP) is 3.26. The number of nitrogens with zero attached hydrogens (tertiary/aromatic N) is 2. The van der Waals surface area contributed by atoms with Gasteiger partial charge in [-0.3, -0.25) is 4.99 Å². The van der Waals surface area contributed by atoms with Crippen LogP contribution in [0.5, 0.6) is 17.2 Å². The number of hydrogen-bond acceptors (Lipinski definition) is 6. The molecule has 7 nitrogen and oxygen atoms in total. The van der Waals surface area contributed by atoms with Gasteiger partial charge in [0, 0.05) is 36.3 Å². The molecule has 1 aromatic heterocycles. The molecule has 0 bridgehead atoms. The summed E-state index contributed by atoms with van der Waals surface area (Å²) in [6, 6.07) is 3.02. The van der Waals surface area contributed by atoms with Crippen LogP contribution in [0.25, 0.3) is 0 Å². The quantitative estimate of drug-likeness (QED) is 0.352. The third kappa shape index (κ3) is 5.79. The standard InChI is InChI=1S/C16H18F2N4O3S.HI/c1-9-5-20-14(26-9)7-22-16(19-2)21-6-10-3-12-13(24-8-23-12)4-11(10)25-15(17)18;/h3-5,15H,6-8H2,1-2H3,(H2,19,21,22);1H. The average Bonchev–Trinajstić information content (AvgIpc) is 3.22. The first-order chi connectivity index (χ1) is 12.5. The van der Waals surface area contributed by atoms with Gasteiger partial charge >= 0.3 is 6.61 Å². The number of alkyl halides is 2. The van der Waals surface area contributed by atoms with Gasteiger partial charge in [0.05, 0.1) is 6.54 Å². The van der Waals surface area contributed by atoms with Crippen molar-refractivity contribution >= 4 is 41.3 Å². The summed E-state index contributed by atoms with van der Waals surface area (Å²) in [6.07, 6.45) is 1.80. The van der Waals surface area contributed by atoms with E-state index in [1.807, 2.05) is 6.92 Å². The maximum Gasteiger partial charge on any atom is 0.387 e. The molecule has 0 amide bonds. The fourth-order valence-corrected chi connectivity index (χ4v) is 3.08. The maximum atomic E-state index is 12.7. The highest BCUT2D eigenvalue weighted by molar-refractivity contribution is 14.0. The number of aryl methyl sites for hydroxylation is 1. The van der Waals surface area contributed by atoms with Crippen LogP contribution in [0.4, 0.5) is 8.78 Å². The topological polar surface area (TPSA) is 77.0 Å². The minimum absolute atomic E-state index is 0. The van der Waals surface area contributed by atoms with Gasteiger partial charge in [0.15, 0.2) is 17.5 Å². The monoisotopic (exact) mass is 512 g/mol. The van der Waals surface area contributed by atoms with E-state index in [2.05, 4.69) is 25.3 Å². The number of aliphatic imine (C=N–C) groups is 1. The summed E-state index contributed by atoms with van der Waals surface area (Å²) in [5.74, 6) is 1.41. The molecule has 11 heteroatoms. The van der Waals surface area contributed by atoms with Crippen molar-refractivity contribution in [3.05, 3.63) is 33.8 Å². The number of fused-ring (bicyclic) bond motifs is 1. The smallest absolute Gasteiger partial charge is 0.387 e. The normalized spacial score (nSPS) is 12.7. The van der Waals surface area contributed by atoms with E-state index < -0.39 is 6.61 Å². The Bertz CT molecular complexity index is 804. The van der Waals surface area contributed by atoms with Crippen LogP contribution in [0.2, 0.25) is 0 Å². The van der Waals surface area contributed by atoms with Gasteiger partial charge in [-0.1, -0.05) is 0 Å². The van der Waals surface area contributed by atoms with Crippen molar-refractivity contribution in [1.29, 1.82) is 0 Å². The van der Waals surface area contributed by atoms with E-state index >= 15 is 0 Å². The van der Waals surface area contributed by atoms with Crippen LogP contribution in [-0.2, 0) is 13.1 Å². The Morgan fingerprint density at radius 3 is 2.63 bits per heavy atom. The van der Waals surface area contributed by atoms with Crippen molar-refractivity contribution < 1.29 is 23.0 Å². The lowest BCUT2D eigenvalue weighted by Gasteiger charge is -2.15. The number of hydrogen-bond donors (Lipinski definition) is 2. The number of rotatable bonds is 6. The van der Waals surface area contributed by atoms with Crippen LogP contribution in [0, 0.1) is 6.92 Å². The molecule has 1 aliphatic rings. The van der Waals surface area contributed by atoms with Crippen molar-refractivity contribution in [1.82, 2.24) is 15.6 Å². The van der Waals surface area contributed by atoms with Crippen molar-refractivity contribution in [2.45, 2.75) is 26.6 Å². The van der Waals surface area contributed by atoms with Crippen molar-refractivity contribution in [3.8, 4) is 17.2 Å². The molecule has 3 rings (SSSR count). The highest BCUT2D eigenvalue weighted by atomic mass is 127. The lowest BCUT2D eigenvalue weighted by Crippen LogP contribution is -2.36. The summed E-state index contributed by atoms with van der Waals surface area (Å²) in [5, 5.41) is 7.11. The second-order valence-electron chi connectivity index (χ2n) is 5.34. The Kier molecular flexibility index (Phi) is 7.83. The van der Waals surface area contributed by atoms with Crippen LogP contribution in [0.1, 0.15) is 15.4 Å². The molecule has 0 saturated carbocycles. The number of aromatic nitrogens is 1. The molecule has 0 unspecified atom stereocenters. The fraction of sp³-hybridized carbons (Fsp3) is 0.375. The molecule has 0 fully saturated rings. The Balaban J connectivity index is 0.00000261. The number of thiazole rings is 1. The number of ether oxygens (including phenoxy) is 3. The first-order valence-electron chi connectivity index (χ1n) is 7.78. The highest BCUT2D eigenvalue weighted by Gasteiger charge is 2.20. The van der Waals surface area contributed by atoms with Gasteiger partial charge in [-0.25, -0.2) is 4.98 Å². The lowest BCUT2D eigenvalue weighted by molar-refractivity contribution is -0.0505. The van der Waals surface area contributed by atoms with Crippen molar-refractivity contribution in [2.24, 2.45) is 4.99 Å². The predicted molar refractivity (Wildman–Crippen MR) is 109 cm³/mol. The van der Waals surface area contributed by atoms with Crippen LogP contribution >= 0.6 is 35.3 Å². The van der Waals surface area contributed by atoms with E-state index in [1.165, 1.54) is 6.07 Å². The number of benzene rings is 1. The molecule has 0 atom stereocenters. The van der Waals surface area contributed by atoms with E-state index in [-0.39, 0.29) is 43.1 Å². The minimum Gasteiger partial charge on any atom is -0.454 e. The molecule has 0 saturated heterocycles. The Morgan fingerprint density at radius 1 is 1.30 bits per heavy atom. The van der Waals surface area contributed by atoms with Crippen LogP contribution in [0.15, 0.2) is 23.3 Å². The third-order valence-corrected chi connectivity index (χ3v) is 4.43. The molecule has 27 heavy (non-hydrogen) atoms. The molecular weight excluding hydrogens is 493 g/mol. The average molecular weight is 512 g/mol. The molecule has 2 N–H and O–H groups in total. The minimum atomic E-state index is -2.93. The van der Waals surface area contributed by atoms with Crippen molar-refractivity contribution in [2.75, 3.05) is 13.8 Å². The molecule has 148 valence electrons. The Hall–Kier alpha value is -1.89. The molecular formula is C16H19F2IN4O3S.